The van der Waals surface area contributed by atoms with Crippen LogP contribution in [0.3, 0.4) is 0 Å². The Bertz CT molecular complexity index is 961. The van der Waals surface area contributed by atoms with Crippen molar-refractivity contribution in [3.8, 4) is 0 Å². The zero-order chi connectivity index (χ0) is 16.7. The third kappa shape index (κ3) is 2.42. The number of anilines is 2. The van der Waals surface area contributed by atoms with E-state index in [4.69, 9.17) is 0 Å². The molecule has 1 aliphatic rings. The highest BCUT2D eigenvalue weighted by molar-refractivity contribution is 6.03. The molecule has 0 unspecified atom stereocenters. The van der Waals surface area contributed by atoms with Crippen molar-refractivity contribution in [2.24, 2.45) is 0 Å². The molecule has 2 aromatic carbocycles. The van der Waals surface area contributed by atoms with Crippen molar-refractivity contribution in [1.82, 2.24) is 9.55 Å². The molecule has 6 heteroatoms. The lowest BCUT2D eigenvalue weighted by molar-refractivity contribution is -0.123. The molecule has 1 atom stereocenters. The van der Waals surface area contributed by atoms with Crippen LogP contribution >= 0.6 is 0 Å². The SMILES string of the molecule is Cc1cccc(NC(=O)C[C@H]2C(=O)Nc3nc4ccccc4n32)c1. The van der Waals surface area contributed by atoms with Gasteiger partial charge >= 0.3 is 0 Å². The third-order valence-corrected chi connectivity index (χ3v) is 4.13. The van der Waals surface area contributed by atoms with Crippen molar-refractivity contribution in [1.29, 1.82) is 0 Å². The maximum absolute atomic E-state index is 12.4. The van der Waals surface area contributed by atoms with Crippen LogP contribution in [0.15, 0.2) is 48.5 Å². The Morgan fingerprint density at radius 3 is 2.92 bits per heavy atom. The average Bonchev–Trinajstić information content (AvgIpc) is 3.03. The molecule has 0 bridgehead atoms. The Balaban J connectivity index is 1.59. The molecule has 0 saturated carbocycles. The Kier molecular flexibility index (Phi) is 3.30. The third-order valence-electron chi connectivity index (χ3n) is 4.13. The summed E-state index contributed by atoms with van der Waals surface area (Å²) < 4.78 is 1.80. The zero-order valence-corrected chi connectivity index (χ0v) is 13.1. The number of aromatic nitrogens is 2. The molecule has 0 radical (unpaired) electrons. The topological polar surface area (TPSA) is 76.0 Å². The molecular weight excluding hydrogens is 304 g/mol. The average molecular weight is 320 g/mol. The van der Waals surface area contributed by atoms with Crippen molar-refractivity contribution >= 4 is 34.5 Å². The smallest absolute Gasteiger partial charge is 0.250 e. The van der Waals surface area contributed by atoms with Crippen LogP contribution in [0.5, 0.6) is 0 Å². The highest BCUT2D eigenvalue weighted by atomic mass is 16.2. The van der Waals surface area contributed by atoms with E-state index in [0.29, 0.717) is 5.95 Å². The van der Waals surface area contributed by atoms with E-state index in [-0.39, 0.29) is 18.2 Å². The summed E-state index contributed by atoms with van der Waals surface area (Å²) in [6.07, 6.45) is 0.0626. The molecule has 1 aliphatic heterocycles. The van der Waals surface area contributed by atoms with Gasteiger partial charge in [-0.2, -0.15) is 0 Å². The summed E-state index contributed by atoms with van der Waals surface area (Å²) in [6.45, 7) is 1.96. The number of nitrogens with zero attached hydrogens (tertiary/aromatic N) is 2. The molecule has 1 aromatic heterocycles. The van der Waals surface area contributed by atoms with E-state index in [0.717, 1.165) is 22.3 Å². The van der Waals surface area contributed by atoms with Gasteiger partial charge in [-0.1, -0.05) is 24.3 Å². The summed E-state index contributed by atoms with van der Waals surface area (Å²) in [5.41, 5.74) is 3.44. The fourth-order valence-corrected chi connectivity index (χ4v) is 3.05. The molecule has 0 fully saturated rings. The number of amides is 2. The van der Waals surface area contributed by atoms with Gasteiger partial charge in [0.05, 0.1) is 17.5 Å². The van der Waals surface area contributed by atoms with Crippen LogP contribution < -0.4 is 10.6 Å². The van der Waals surface area contributed by atoms with Crippen molar-refractivity contribution in [2.45, 2.75) is 19.4 Å². The summed E-state index contributed by atoms with van der Waals surface area (Å²) in [5, 5.41) is 5.60. The molecule has 24 heavy (non-hydrogen) atoms. The molecule has 0 spiro atoms. The van der Waals surface area contributed by atoms with Gasteiger partial charge in [-0.15, -0.1) is 0 Å². The lowest BCUT2D eigenvalue weighted by Gasteiger charge is -2.12. The second kappa shape index (κ2) is 5.49. The van der Waals surface area contributed by atoms with Gasteiger partial charge in [-0.3, -0.25) is 19.5 Å². The number of carbonyl (C=O) groups excluding carboxylic acids is 2. The van der Waals surface area contributed by atoms with Gasteiger partial charge in [0.15, 0.2) is 0 Å². The summed E-state index contributed by atoms with van der Waals surface area (Å²) >= 11 is 0. The molecule has 6 nitrogen and oxygen atoms in total. The normalized spacial score (nSPS) is 16.0. The van der Waals surface area contributed by atoms with Crippen LogP contribution in [0.1, 0.15) is 18.0 Å². The maximum atomic E-state index is 12.4. The minimum Gasteiger partial charge on any atom is -0.326 e. The van der Waals surface area contributed by atoms with E-state index < -0.39 is 6.04 Å². The van der Waals surface area contributed by atoms with Gasteiger partial charge in [-0.25, -0.2) is 4.98 Å². The number of fused-ring (bicyclic) bond motifs is 3. The monoisotopic (exact) mass is 320 g/mol. The van der Waals surface area contributed by atoms with Gasteiger partial charge in [0, 0.05) is 5.69 Å². The van der Waals surface area contributed by atoms with Gasteiger partial charge in [0.2, 0.25) is 17.8 Å². The van der Waals surface area contributed by atoms with Crippen molar-refractivity contribution in [2.75, 3.05) is 10.6 Å². The van der Waals surface area contributed by atoms with E-state index in [2.05, 4.69) is 15.6 Å². The Hall–Kier alpha value is -3.15. The quantitative estimate of drug-likeness (QED) is 0.779. The van der Waals surface area contributed by atoms with E-state index >= 15 is 0 Å². The molecule has 0 aliphatic carbocycles. The number of hydrogen-bond acceptors (Lipinski definition) is 3. The van der Waals surface area contributed by atoms with E-state index in [1.807, 2.05) is 55.5 Å². The number of benzene rings is 2. The molecule has 4 rings (SSSR count). The number of para-hydroxylation sites is 2. The Labute approximate surface area is 138 Å². The number of rotatable bonds is 3. The van der Waals surface area contributed by atoms with Crippen LogP contribution in [-0.2, 0) is 9.59 Å². The molecule has 3 aromatic rings. The van der Waals surface area contributed by atoms with E-state index in [1.165, 1.54) is 0 Å². The van der Waals surface area contributed by atoms with Crippen molar-refractivity contribution in [3.05, 3.63) is 54.1 Å². The van der Waals surface area contributed by atoms with Crippen LogP contribution in [0.4, 0.5) is 11.6 Å². The summed E-state index contributed by atoms with van der Waals surface area (Å²) in [7, 11) is 0. The first-order chi connectivity index (χ1) is 11.6. The number of aryl methyl sites for hydroxylation is 1. The molecule has 2 N–H and O–H groups in total. The number of nitrogens with one attached hydrogen (secondary N) is 2. The fraction of sp³-hybridized carbons (Fsp3) is 0.167. The zero-order valence-electron chi connectivity index (χ0n) is 13.1. The summed E-state index contributed by atoms with van der Waals surface area (Å²) in [4.78, 5) is 29.0. The second-order valence-corrected chi connectivity index (χ2v) is 5.92. The molecule has 120 valence electrons. The summed E-state index contributed by atoms with van der Waals surface area (Å²) in [5.74, 6) is 0.0866. The van der Waals surface area contributed by atoms with Crippen LogP contribution in [0.2, 0.25) is 0 Å². The Morgan fingerprint density at radius 2 is 2.08 bits per heavy atom. The molecule has 2 heterocycles. The predicted molar refractivity (Wildman–Crippen MR) is 91.8 cm³/mol. The Morgan fingerprint density at radius 1 is 1.25 bits per heavy atom. The molecule has 0 saturated heterocycles. The standard InChI is InChI=1S/C18H16N4O2/c1-11-5-4-6-12(9-11)19-16(23)10-15-17(24)21-18-20-13-7-2-3-8-14(13)22(15)18/h2-9,15H,10H2,1H3,(H,19,23)(H,20,21,24)/t15-/m0/s1. The first-order valence-electron chi connectivity index (χ1n) is 7.76. The first kappa shape index (κ1) is 14.4. The fourth-order valence-electron chi connectivity index (χ4n) is 3.05. The minimum atomic E-state index is -0.586. The van der Waals surface area contributed by atoms with Gasteiger partial charge in [-0.05, 0) is 36.8 Å². The van der Waals surface area contributed by atoms with Crippen LogP contribution in [0.25, 0.3) is 11.0 Å². The lowest BCUT2D eigenvalue weighted by atomic mass is 10.1. The maximum Gasteiger partial charge on any atom is 0.250 e. The lowest BCUT2D eigenvalue weighted by Crippen LogP contribution is -2.23. The number of carbonyl (C=O) groups is 2. The number of hydrogen-bond donors (Lipinski definition) is 2. The first-order valence-corrected chi connectivity index (χ1v) is 7.76. The largest absolute Gasteiger partial charge is 0.326 e. The highest BCUT2D eigenvalue weighted by Crippen LogP contribution is 2.32. The van der Waals surface area contributed by atoms with Crippen molar-refractivity contribution < 1.29 is 9.59 Å². The molecular formula is C18H16N4O2. The highest BCUT2D eigenvalue weighted by Gasteiger charge is 2.34. The van der Waals surface area contributed by atoms with Crippen LogP contribution in [-0.4, -0.2) is 21.4 Å². The minimum absolute atomic E-state index is 0.0626. The van der Waals surface area contributed by atoms with Crippen LogP contribution in [0, 0.1) is 6.92 Å². The molecule has 2 amide bonds. The number of imidazole rings is 1. The summed E-state index contributed by atoms with van der Waals surface area (Å²) in [6, 6.07) is 14.6. The van der Waals surface area contributed by atoms with Crippen molar-refractivity contribution in [3.63, 3.8) is 0 Å². The van der Waals surface area contributed by atoms with E-state index in [9.17, 15) is 9.59 Å². The van der Waals surface area contributed by atoms with Gasteiger partial charge in [0.1, 0.15) is 6.04 Å². The predicted octanol–water partition coefficient (Wildman–Crippen LogP) is 2.87. The van der Waals surface area contributed by atoms with Gasteiger partial charge in [0.25, 0.3) is 0 Å². The van der Waals surface area contributed by atoms with Gasteiger partial charge < -0.3 is 5.32 Å². The van der Waals surface area contributed by atoms with E-state index in [1.54, 1.807) is 4.57 Å². The second-order valence-electron chi connectivity index (χ2n) is 5.92.